The summed E-state index contributed by atoms with van der Waals surface area (Å²) in [4.78, 5) is 12.8. The Morgan fingerprint density at radius 3 is 2.06 bits per heavy atom. The van der Waals surface area contributed by atoms with Gasteiger partial charge in [-0.1, -0.05) is 17.7 Å². The smallest absolute Gasteiger partial charge is 0.267 e. The van der Waals surface area contributed by atoms with E-state index >= 15 is 0 Å². The number of ether oxygens (including phenoxy) is 1. The highest BCUT2D eigenvalue weighted by Crippen LogP contribution is 2.24. The molecule has 0 aromatic heterocycles. The van der Waals surface area contributed by atoms with E-state index in [1.54, 1.807) is 50.2 Å². The van der Waals surface area contributed by atoms with Crippen LogP contribution in [0.15, 0.2) is 71.6 Å². The summed E-state index contributed by atoms with van der Waals surface area (Å²) in [5.41, 5.74) is 1.85. The van der Waals surface area contributed by atoms with E-state index in [1.807, 2.05) is 19.9 Å². The van der Waals surface area contributed by atoms with Gasteiger partial charge in [-0.25, -0.2) is 8.42 Å². The number of amides is 1. The molecule has 0 saturated heterocycles. The van der Waals surface area contributed by atoms with Crippen LogP contribution in [-0.4, -0.2) is 19.9 Å². The fraction of sp³-hybridized carbons (Fsp3) is 0.208. The van der Waals surface area contributed by atoms with Crippen molar-refractivity contribution in [2.24, 2.45) is 0 Å². The van der Waals surface area contributed by atoms with Crippen molar-refractivity contribution in [1.29, 1.82) is 0 Å². The van der Waals surface area contributed by atoms with E-state index in [9.17, 15) is 13.2 Å². The molecule has 3 aromatic carbocycles. The molecule has 0 spiro atoms. The molecule has 2 N–H and O–H groups in total. The van der Waals surface area contributed by atoms with Crippen molar-refractivity contribution in [2.75, 3.05) is 10.0 Å². The minimum atomic E-state index is -3.76. The number of sulfonamides is 1. The third-order valence-corrected chi connectivity index (χ3v) is 6.56. The van der Waals surface area contributed by atoms with Crippen LogP contribution in [0, 0.1) is 13.8 Å². The Morgan fingerprint density at radius 2 is 1.47 bits per heavy atom. The van der Waals surface area contributed by atoms with Gasteiger partial charge in [0, 0.05) is 16.4 Å². The third-order valence-electron chi connectivity index (χ3n) is 4.92. The first-order chi connectivity index (χ1) is 15.0. The molecule has 3 rings (SSSR count). The molecular weight excluding hydrogens is 448 g/mol. The summed E-state index contributed by atoms with van der Waals surface area (Å²) in [5.74, 6) is 0.129. The second-order valence-electron chi connectivity index (χ2n) is 7.95. The molecule has 0 saturated carbocycles. The lowest BCUT2D eigenvalue weighted by Crippen LogP contribution is -2.42. The van der Waals surface area contributed by atoms with Gasteiger partial charge in [-0.15, -0.1) is 0 Å². The van der Waals surface area contributed by atoms with Crippen molar-refractivity contribution in [3.05, 3.63) is 82.9 Å². The zero-order chi connectivity index (χ0) is 23.5. The lowest BCUT2D eigenvalue weighted by atomic mass is 10.1. The highest BCUT2D eigenvalue weighted by atomic mass is 35.5. The summed E-state index contributed by atoms with van der Waals surface area (Å²) in [5, 5.41) is 3.32. The molecule has 0 aliphatic heterocycles. The van der Waals surface area contributed by atoms with Gasteiger partial charge in [-0.2, -0.15) is 0 Å². The molecule has 0 unspecified atom stereocenters. The summed E-state index contributed by atoms with van der Waals surface area (Å²) >= 11 is 5.87. The second-order valence-corrected chi connectivity index (χ2v) is 10.1. The van der Waals surface area contributed by atoms with Gasteiger partial charge in [-0.3, -0.25) is 9.52 Å². The van der Waals surface area contributed by atoms with Gasteiger partial charge in [0.25, 0.3) is 15.9 Å². The number of carbonyl (C=O) groups is 1. The fourth-order valence-corrected chi connectivity index (χ4v) is 4.04. The van der Waals surface area contributed by atoms with Gasteiger partial charge < -0.3 is 10.1 Å². The molecule has 168 valence electrons. The normalized spacial score (nSPS) is 11.7. The molecule has 1 amide bonds. The number of aryl methyl sites for hydroxylation is 2. The Bertz CT molecular complexity index is 1220. The van der Waals surface area contributed by atoms with Gasteiger partial charge in [0.15, 0.2) is 5.60 Å². The zero-order valence-electron chi connectivity index (χ0n) is 18.3. The molecule has 8 heteroatoms. The van der Waals surface area contributed by atoms with Crippen LogP contribution in [0.25, 0.3) is 0 Å². The summed E-state index contributed by atoms with van der Waals surface area (Å²) in [7, 11) is -3.76. The standard InChI is InChI=1S/C24H25ClN2O4S/c1-16-5-8-20(15-17(16)2)27-32(29,30)22-13-9-19(10-14-22)26-23(28)24(3,4)31-21-11-6-18(25)7-12-21/h5-15,27H,1-4H3,(H,26,28). The first-order valence-electron chi connectivity index (χ1n) is 9.92. The number of rotatable bonds is 7. The van der Waals surface area contributed by atoms with Crippen LogP contribution in [-0.2, 0) is 14.8 Å². The van der Waals surface area contributed by atoms with Crippen molar-refractivity contribution >= 4 is 38.9 Å². The largest absolute Gasteiger partial charge is 0.478 e. The van der Waals surface area contributed by atoms with E-state index in [0.29, 0.717) is 22.1 Å². The van der Waals surface area contributed by atoms with Crippen LogP contribution >= 0.6 is 11.6 Å². The Morgan fingerprint density at radius 1 is 0.875 bits per heavy atom. The SMILES string of the molecule is Cc1ccc(NS(=O)(=O)c2ccc(NC(=O)C(C)(C)Oc3ccc(Cl)cc3)cc2)cc1C. The van der Waals surface area contributed by atoms with Crippen molar-refractivity contribution < 1.29 is 17.9 Å². The summed E-state index contributed by atoms with van der Waals surface area (Å²) < 4.78 is 33.7. The van der Waals surface area contributed by atoms with Crippen LogP contribution in [0.1, 0.15) is 25.0 Å². The van der Waals surface area contributed by atoms with E-state index in [2.05, 4.69) is 10.0 Å². The highest BCUT2D eigenvalue weighted by molar-refractivity contribution is 7.92. The van der Waals surface area contributed by atoms with Crippen LogP contribution < -0.4 is 14.8 Å². The number of hydrogen-bond acceptors (Lipinski definition) is 4. The van der Waals surface area contributed by atoms with Crippen LogP contribution in [0.5, 0.6) is 5.75 Å². The number of hydrogen-bond donors (Lipinski definition) is 2. The minimum absolute atomic E-state index is 0.0883. The minimum Gasteiger partial charge on any atom is -0.478 e. The Balaban J connectivity index is 1.68. The quantitative estimate of drug-likeness (QED) is 0.472. The Kier molecular flexibility index (Phi) is 6.81. The summed E-state index contributed by atoms with van der Waals surface area (Å²) in [6, 6.07) is 18.0. The molecule has 0 aliphatic rings. The Hall–Kier alpha value is -3.03. The summed E-state index contributed by atoms with van der Waals surface area (Å²) in [6.07, 6.45) is 0. The lowest BCUT2D eigenvalue weighted by Gasteiger charge is -2.25. The first-order valence-corrected chi connectivity index (χ1v) is 11.8. The number of halogens is 1. The molecule has 0 radical (unpaired) electrons. The van der Waals surface area contributed by atoms with Crippen molar-refractivity contribution in [2.45, 2.75) is 38.2 Å². The maximum atomic E-state index is 12.7. The molecule has 3 aromatic rings. The average molecular weight is 473 g/mol. The summed E-state index contributed by atoms with van der Waals surface area (Å²) in [6.45, 7) is 7.16. The topological polar surface area (TPSA) is 84.5 Å². The highest BCUT2D eigenvalue weighted by Gasteiger charge is 2.30. The monoisotopic (exact) mass is 472 g/mol. The van der Waals surface area contributed by atoms with E-state index in [1.165, 1.54) is 24.3 Å². The molecule has 0 heterocycles. The third kappa shape index (κ3) is 5.81. The van der Waals surface area contributed by atoms with Crippen molar-refractivity contribution in [3.63, 3.8) is 0 Å². The lowest BCUT2D eigenvalue weighted by molar-refractivity contribution is -0.128. The van der Waals surface area contributed by atoms with E-state index in [0.717, 1.165) is 11.1 Å². The molecule has 0 atom stereocenters. The van der Waals surface area contributed by atoms with Crippen LogP contribution in [0.4, 0.5) is 11.4 Å². The average Bonchev–Trinajstić information content (AvgIpc) is 2.72. The van der Waals surface area contributed by atoms with Crippen molar-refractivity contribution in [1.82, 2.24) is 0 Å². The predicted octanol–water partition coefficient (Wildman–Crippen LogP) is 5.55. The molecule has 32 heavy (non-hydrogen) atoms. The number of anilines is 2. The van der Waals surface area contributed by atoms with E-state index in [4.69, 9.17) is 16.3 Å². The first kappa shape index (κ1) is 23.6. The van der Waals surface area contributed by atoms with Gasteiger partial charge in [-0.05, 0) is 99.5 Å². The fourth-order valence-electron chi connectivity index (χ4n) is 2.86. The maximum absolute atomic E-state index is 12.7. The zero-order valence-corrected chi connectivity index (χ0v) is 19.8. The van der Waals surface area contributed by atoms with Crippen LogP contribution in [0.3, 0.4) is 0 Å². The maximum Gasteiger partial charge on any atom is 0.267 e. The predicted molar refractivity (Wildman–Crippen MR) is 128 cm³/mol. The van der Waals surface area contributed by atoms with E-state index < -0.39 is 15.6 Å². The van der Waals surface area contributed by atoms with Crippen LogP contribution in [0.2, 0.25) is 5.02 Å². The van der Waals surface area contributed by atoms with Gasteiger partial charge in [0.05, 0.1) is 4.90 Å². The van der Waals surface area contributed by atoms with Gasteiger partial charge >= 0.3 is 0 Å². The number of nitrogens with one attached hydrogen (secondary N) is 2. The van der Waals surface area contributed by atoms with E-state index in [-0.39, 0.29) is 10.8 Å². The molecule has 0 aliphatic carbocycles. The molecule has 6 nitrogen and oxygen atoms in total. The molecule has 0 fully saturated rings. The molecule has 0 bridgehead atoms. The second kappa shape index (κ2) is 9.22. The van der Waals surface area contributed by atoms with Crippen molar-refractivity contribution in [3.8, 4) is 5.75 Å². The molecular formula is C24H25ClN2O4S. The van der Waals surface area contributed by atoms with Gasteiger partial charge in [0.2, 0.25) is 0 Å². The van der Waals surface area contributed by atoms with Gasteiger partial charge in [0.1, 0.15) is 5.75 Å². The Labute approximate surface area is 193 Å². The number of benzene rings is 3. The number of carbonyl (C=O) groups excluding carboxylic acids is 1.